The van der Waals surface area contributed by atoms with Crippen LogP contribution in [0, 0.1) is 0 Å². The zero-order valence-corrected chi connectivity index (χ0v) is 17.3. The van der Waals surface area contributed by atoms with Gasteiger partial charge in [0.05, 0.1) is 12.6 Å². The van der Waals surface area contributed by atoms with Crippen LogP contribution in [0.5, 0.6) is 5.75 Å². The van der Waals surface area contributed by atoms with Crippen molar-refractivity contribution in [2.75, 3.05) is 47.3 Å². The minimum atomic E-state index is 0.0496. The van der Waals surface area contributed by atoms with Gasteiger partial charge in [-0.2, -0.15) is 0 Å². The van der Waals surface area contributed by atoms with Gasteiger partial charge in [-0.05, 0) is 37.4 Å². The monoisotopic (exact) mass is 387 g/mol. The summed E-state index contributed by atoms with van der Waals surface area (Å²) in [4.78, 5) is 20.6. The molecule has 2 aliphatic rings. The molecule has 0 spiro atoms. The number of benzene rings is 1. The number of ether oxygens (including phenoxy) is 1. The normalized spacial score (nSPS) is 21.9. The average molecular weight is 388 g/mol. The average Bonchev–Trinajstić information content (AvgIpc) is 3.33. The van der Waals surface area contributed by atoms with Gasteiger partial charge in [0.25, 0.3) is 0 Å². The Bertz CT molecular complexity index is 666. The summed E-state index contributed by atoms with van der Waals surface area (Å²) in [7, 11) is 5.46. The summed E-state index contributed by atoms with van der Waals surface area (Å²) < 4.78 is 5.96. The lowest BCUT2D eigenvalue weighted by Gasteiger charge is -2.26. The highest BCUT2D eigenvalue weighted by Crippen LogP contribution is 2.27. The van der Waals surface area contributed by atoms with Crippen LogP contribution in [0.3, 0.4) is 0 Å². The van der Waals surface area contributed by atoms with E-state index in [2.05, 4.69) is 32.7 Å². The fraction of sp³-hybridized carbons (Fsp3) is 0.619. The molecule has 1 aromatic rings. The maximum absolute atomic E-state index is 12.3. The Balaban J connectivity index is 1.34. The van der Waals surface area contributed by atoms with Crippen molar-refractivity contribution in [2.45, 2.75) is 37.8 Å². The van der Waals surface area contributed by atoms with Gasteiger partial charge in [-0.3, -0.25) is 14.7 Å². The molecule has 1 amide bonds. The lowest BCUT2D eigenvalue weighted by Crippen LogP contribution is -2.45. The van der Waals surface area contributed by atoms with Gasteiger partial charge >= 0.3 is 0 Å². The van der Waals surface area contributed by atoms with Crippen LogP contribution in [0.25, 0.3) is 0 Å². The molecular formula is C21H33N5O2. The summed E-state index contributed by atoms with van der Waals surface area (Å²) in [5.41, 5.74) is 1.27. The first-order valence-electron chi connectivity index (χ1n) is 10.2. The molecule has 1 aromatic carbocycles. The molecule has 2 atom stereocenters. The highest BCUT2D eigenvalue weighted by atomic mass is 16.5. The van der Waals surface area contributed by atoms with Crippen LogP contribution in [-0.2, 0) is 11.2 Å². The fourth-order valence-electron chi connectivity index (χ4n) is 3.96. The summed E-state index contributed by atoms with van der Waals surface area (Å²) in [6.07, 6.45) is 4.11. The zero-order chi connectivity index (χ0) is 19.9. The largest absolute Gasteiger partial charge is 0.488 e. The predicted octanol–water partition coefficient (Wildman–Crippen LogP) is 1.10. The predicted molar refractivity (Wildman–Crippen MR) is 112 cm³/mol. The van der Waals surface area contributed by atoms with Gasteiger partial charge in [0.2, 0.25) is 5.91 Å². The van der Waals surface area contributed by atoms with Crippen molar-refractivity contribution in [3.05, 3.63) is 29.8 Å². The number of hydrogen-bond donors (Lipinski definition) is 2. The number of rotatable bonds is 7. The number of likely N-dealkylation sites (tertiary alicyclic amines) is 1. The Morgan fingerprint density at radius 2 is 2.14 bits per heavy atom. The van der Waals surface area contributed by atoms with E-state index in [9.17, 15) is 4.79 Å². The number of nitrogens with zero attached hydrogens (tertiary/aromatic N) is 3. The second-order valence-corrected chi connectivity index (χ2v) is 7.71. The van der Waals surface area contributed by atoms with Gasteiger partial charge < -0.3 is 20.3 Å². The molecule has 2 aliphatic heterocycles. The molecule has 0 saturated carbocycles. The highest BCUT2D eigenvalue weighted by molar-refractivity contribution is 5.81. The van der Waals surface area contributed by atoms with E-state index in [4.69, 9.17) is 4.74 Å². The Morgan fingerprint density at radius 3 is 2.89 bits per heavy atom. The molecular weight excluding hydrogens is 354 g/mol. The molecule has 0 aliphatic carbocycles. The van der Waals surface area contributed by atoms with Crippen LogP contribution < -0.4 is 15.4 Å². The number of amides is 1. The second kappa shape index (κ2) is 9.78. The Kier molecular flexibility index (Phi) is 7.14. The van der Waals surface area contributed by atoms with Crippen LogP contribution in [0.1, 0.15) is 24.8 Å². The summed E-state index contributed by atoms with van der Waals surface area (Å²) in [6.45, 7) is 3.48. The molecule has 2 N–H and O–H groups in total. The fourth-order valence-corrected chi connectivity index (χ4v) is 3.96. The van der Waals surface area contributed by atoms with E-state index < -0.39 is 0 Å². The number of likely N-dealkylation sites (N-methyl/N-ethyl adjacent to an activating group) is 1. The zero-order valence-electron chi connectivity index (χ0n) is 17.3. The van der Waals surface area contributed by atoms with Crippen molar-refractivity contribution in [1.29, 1.82) is 0 Å². The third-order valence-electron chi connectivity index (χ3n) is 5.44. The van der Waals surface area contributed by atoms with E-state index in [-0.39, 0.29) is 18.1 Å². The SMILES string of the molecule is CN=C(NCCCN1CCCC1C(=O)N(C)C)NCC1Cc2ccccc2O1. The third-order valence-corrected chi connectivity index (χ3v) is 5.44. The van der Waals surface area contributed by atoms with E-state index in [1.165, 1.54) is 5.56 Å². The number of aliphatic imine (C=N–C) groups is 1. The van der Waals surface area contributed by atoms with Gasteiger partial charge in [0.1, 0.15) is 11.9 Å². The van der Waals surface area contributed by atoms with Crippen LogP contribution in [-0.4, -0.2) is 81.1 Å². The van der Waals surface area contributed by atoms with Crippen molar-refractivity contribution in [3.63, 3.8) is 0 Å². The smallest absolute Gasteiger partial charge is 0.239 e. The molecule has 1 fully saturated rings. The molecule has 0 aromatic heterocycles. The number of hydrogen-bond acceptors (Lipinski definition) is 4. The van der Waals surface area contributed by atoms with Crippen molar-refractivity contribution in [3.8, 4) is 5.75 Å². The maximum Gasteiger partial charge on any atom is 0.239 e. The minimum absolute atomic E-state index is 0.0496. The van der Waals surface area contributed by atoms with Crippen LogP contribution >= 0.6 is 0 Å². The first-order chi connectivity index (χ1) is 13.6. The van der Waals surface area contributed by atoms with Gasteiger partial charge in [0.15, 0.2) is 5.96 Å². The van der Waals surface area contributed by atoms with E-state index in [0.717, 1.165) is 63.6 Å². The maximum atomic E-state index is 12.3. The molecule has 7 nitrogen and oxygen atoms in total. The number of para-hydroxylation sites is 1. The van der Waals surface area contributed by atoms with Gasteiger partial charge in [0, 0.05) is 40.7 Å². The lowest BCUT2D eigenvalue weighted by atomic mass is 10.1. The van der Waals surface area contributed by atoms with Gasteiger partial charge in [-0.15, -0.1) is 0 Å². The van der Waals surface area contributed by atoms with E-state index in [1.807, 2.05) is 26.2 Å². The molecule has 0 bridgehead atoms. The van der Waals surface area contributed by atoms with E-state index >= 15 is 0 Å². The minimum Gasteiger partial charge on any atom is -0.488 e. The van der Waals surface area contributed by atoms with E-state index in [0.29, 0.717) is 0 Å². The lowest BCUT2D eigenvalue weighted by molar-refractivity contribution is -0.133. The van der Waals surface area contributed by atoms with E-state index in [1.54, 1.807) is 11.9 Å². The quantitative estimate of drug-likeness (QED) is 0.417. The van der Waals surface area contributed by atoms with Crippen molar-refractivity contribution < 1.29 is 9.53 Å². The van der Waals surface area contributed by atoms with Crippen LogP contribution in [0.2, 0.25) is 0 Å². The number of carbonyl (C=O) groups excluding carboxylic acids is 1. The Labute approximate surface area is 168 Å². The number of fused-ring (bicyclic) bond motifs is 1. The second-order valence-electron chi connectivity index (χ2n) is 7.71. The molecule has 154 valence electrons. The van der Waals surface area contributed by atoms with Crippen molar-refractivity contribution >= 4 is 11.9 Å². The summed E-state index contributed by atoms with van der Waals surface area (Å²) in [6, 6.07) is 8.25. The first-order valence-corrected chi connectivity index (χ1v) is 10.2. The number of carbonyl (C=O) groups is 1. The topological polar surface area (TPSA) is 69.2 Å². The number of nitrogens with one attached hydrogen (secondary N) is 2. The third kappa shape index (κ3) is 5.16. The number of guanidine groups is 1. The van der Waals surface area contributed by atoms with Crippen LogP contribution in [0.15, 0.2) is 29.3 Å². The molecule has 2 heterocycles. The first kappa shape index (κ1) is 20.5. The molecule has 3 rings (SSSR count). The summed E-state index contributed by atoms with van der Waals surface area (Å²) in [5, 5.41) is 6.72. The van der Waals surface area contributed by atoms with Gasteiger partial charge in [-0.25, -0.2) is 0 Å². The molecule has 0 radical (unpaired) electrons. The molecule has 28 heavy (non-hydrogen) atoms. The summed E-state index contributed by atoms with van der Waals surface area (Å²) in [5.74, 6) is 2.01. The van der Waals surface area contributed by atoms with Gasteiger partial charge in [-0.1, -0.05) is 18.2 Å². The molecule has 7 heteroatoms. The standard InChI is InChI=1S/C21H33N5O2/c1-22-21(24-15-17-14-16-8-4-5-10-19(16)28-17)23-11-7-13-26-12-6-9-18(26)20(27)25(2)3/h4-5,8,10,17-18H,6-7,9,11-15H2,1-3H3,(H2,22,23,24). The molecule has 1 saturated heterocycles. The van der Waals surface area contributed by atoms with Crippen molar-refractivity contribution in [1.82, 2.24) is 20.4 Å². The summed E-state index contributed by atoms with van der Waals surface area (Å²) >= 11 is 0. The Morgan fingerprint density at radius 1 is 1.32 bits per heavy atom. The van der Waals surface area contributed by atoms with Crippen molar-refractivity contribution in [2.24, 2.45) is 4.99 Å². The van der Waals surface area contributed by atoms with Crippen LogP contribution in [0.4, 0.5) is 0 Å². The molecule has 2 unspecified atom stereocenters. The Hall–Kier alpha value is -2.28. The highest BCUT2D eigenvalue weighted by Gasteiger charge is 2.31.